The number of imidazole rings is 1. The Hall–Kier alpha value is -2.12. The number of hydrogen-bond acceptors (Lipinski definition) is 3. The maximum atomic E-state index is 9.03. The molecule has 0 N–H and O–H groups in total. The first-order chi connectivity index (χ1) is 10.1. The van der Waals surface area contributed by atoms with Crippen molar-refractivity contribution in [2.45, 2.75) is 33.1 Å². The number of nitrogens with zero attached hydrogens (tertiary/aromatic N) is 3. The van der Waals surface area contributed by atoms with Crippen molar-refractivity contribution in [3.63, 3.8) is 0 Å². The van der Waals surface area contributed by atoms with Gasteiger partial charge >= 0.3 is 0 Å². The molecule has 3 aromatic rings. The second-order valence-electron chi connectivity index (χ2n) is 5.49. The average Bonchev–Trinajstić information content (AvgIpc) is 3.00. The van der Waals surface area contributed by atoms with Crippen molar-refractivity contribution < 1.29 is 0 Å². The number of hydrogen-bond donors (Lipinski definition) is 0. The summed E-state index contributed by atoms with van der Waals surface area (Å²) < 4.78 is 2.12. The molecular formula is C17H17N3S. The van der Waals surface area contributed by atoms with Crippen molar-refractivity contribution in [1.82, 2.24) is 9.38 Å². The quantitative estimate of drug-likeness (QED) is 0.710. The van der Waals surface area contributed by atoms with Gasteiger partial charge in [-0.05, 0) is 24.0 Å². The summed E-state index contributed by atoms with van der Waals surface area (Å²) in [6.45, 7) is 6.36. The maximum absolute atomic E-state index is 9.03. The Kier molecular flexibility index (Phi) is 3.52. The fourth-order valence-electron chi connectivity index (χ4n) is 2.54. The van der Waals surface area contributed by atoms with Crippen LogP contribution in [0.1, 0.15) is 36.7 Å². The van der Waals surface area contributed by atoms with Crippen LogP contribution >= 0.6 is 11.3 Å². The molecule has 0 amide bonds. The Morgan fingerprint density at radius 2 is 2.00 bits per heavy atom. The van der Waals surface area contributed by atoms with E-state index < -0.39 is 0 Å². The predicted octanol–water partition coefficient (Wildman–Crippen LogP) is 4.56. The summed E-state index contributed by atoms with van der Waals surface area (Å²) in [6.07, 6.45) is 0.390. The maximum Gasteiger partial charge on any atom is 0.194 e. The summed E-state index contributed by atoms with van der Waals surface area (Å²) in [7, 11) is 0. The molecule has 0 unspecified atom stereocenters. The standard InChI is InChI=1S/C17H17N3S/c1-11(2)13-4-6-14(7-5-13)16-10-21-17-19-12(3)15(8-9-18)20(16)17/h4-7,10-11H,8H2,1-3H3. The molecule has 3 nitrogen and oxygen atoms in total. The third kappa shape index (κ3) is 2.34. The zero-order valence-corrected chi connectivity index (χ0v) is 13.2. The Balaban J connectivity index is 2.14. The number of rotatable bonds is 3. The van der Waals surface area contributed by atoms with E-state index in [4.69, 9.17) is 5.26 Å². The zero-order chi connectivity index (χ0) is 15.0. The average molecular weight is 295 g/mol. The van der Waals surface area contributed by atoms with Gasteiger partial charge in [-0.2, -0.15) is 5.26 Å². The minimum absolute atomic E-state index is 0.390. The van der Waals surface area contributed by atoms with Crippen LogP contribution in [0.4, 0.5) is 0 Å². The highest BCUT2D eigenvalue weighted by atomic mass is 32.1. The first-order valence-electron chi connectivity index (χ1n) is 7.04. The Bertz CT molecular complexity index is 816. The summed E-state index contributed by atoms with van der Waals surface area (Å²) >= 11 is 1.62. The minimum atomic E-state index is 0.390. The van der Waals surface area contributed by atoms with E-state index in [-0.39, 0.29) is 0 Å². The molecular weight excluding hydrogens is 278 g/mol. The Morgan fingerprint density at radius 1 is 1.29 bits per heavy atom. The Morgan fingerprint density at radius 3 is 2.62 bits per heavy atom. The van der Waals surface area contributed by atoms with E-state index in [0.717, 1.165) is 22.0 Å². The number of aromatic nitrogens is 2. The Labute approximate surface area is 128 Å². The smallest absolute Gasteiger partial charge is 0.194 e. The summed E-state index contributed by atoms with van der Waals surface area (Å²) in [6, 6.07) is 10.9. The highest BCUT2D eigenvalue weighted by molar-refractivity contribution is 7.15. The normalized spacial score (nSPS) is 11.2. The molecule has 0 spiro atoms. The van der Waals surface area contributed by atoms with Crippen LogP contribution in [0.2, 0.25) is 0 Å². The number of benzene rings is 1. The minimum Gasteiger partial charge on any atom is -0.286 e. The van der Waals surface area contributed by atoms with Crippen LogP contribution < -0.4 is 0 Å². The number of nitriles is 1. The molecule has 0 saturated heterocycles. The molecule has 3 rings (SSSR count). The fourth-order valence-corrected chi connectivity index (χ4v) is 3.50. The molecule has 0 saturated carbocycles. The molecule has 4 heteroatoms. The van der Waals surface area contributed by atoms with Crippen LogP contribution in [-0.2, 0) is 6.42 Å². The van der Waals surface area contributed by atoms with Gasteiger partial charge in [0.25, 0.3) is 0 Å². The lowest BCUT2D eigenvalue weighted by Gasteiger charge is -2.07. The van der Waals surface area contributed by atoms with Crippen molar-refractivity contribution in [2.75, 3.05) is 0 Å². The van der Waals surface area contributed by atoms with Gasteiger partial charge in [0, 0.05) is 5.38 Å². The monoisotopic (exact) mass is 295 g/mol. The summed E-state index contributed by atoms with van der Waals surface area (Å²) in [4.78, 5) is 5.51. The highest BCUT2D eigenvalue weighted by Gasteiger charge is 2.15. The number of thiazole rings is 1. The third-order valence-corrected chi connectivity index (χ3v) is 4.60. The summed E-state index contributed by atoms with van der Waals surface area (Å²) in [5, 5.41) is 11.1. The van der Waals surface area contributed by atoms with E-state index in [2.05, 4.69) is 58.9 Å². The van der Waals surface area contributed by atoms with E-state index in [1.54, 1.807) is 11.3 Å². The molecule has 0 aliphatic carbocycles. The molecule has 21 heavy (non-hydrogen) atoms. The lowest BCUT2D eigenvalue weighted by molar-refractivity contribution is 0.867. The molecule has 2 heterocycles. The second-order valence-corrected chi connectivity index (χ2v) is 6.33. The first-order valence-corrected chi connectivity index (χ1v) is 7.92. The van der Waals surface area contributed by atoms with Gasteiger partial charge in [-0.25, -0.2) is 4.98 Å². The van der Waals surface area contributed by atoms with Gasteiger partial charge < -0.3 is 0 Å². The molecule has 0 bridgehead atoms. The second kappa shape index (κ2) is 5.34. The van der Waals surface area contributed by atoms with Gasteiger partial charge in [0.05, 0.1) is 29.6 Å². The molecule has 0 aliphatic heterocycles. The van der Waals surface area contributed by atoms with Crippen molar-refractivity contribution >= 4 is 16.3 Å². The molecule has 0 fully saturated rings. The van der Waals surface area contributed by atoms with Crippen LogP contribution in [-0.4, -0.2) is 9.38 Å². The number of aryl methyl sites for hydroxylation is 1. The van der Waals surface area contributed by atoms with Crippen molar-refractivity contribution in [3.05, 3.63) is 46.6 Å². The van der Waals surface area contributed by atoms with E-state index >= 15 is 0 Å². The van der Waals surface area contributed by atoms with Crippen LogP contribution in [0.25, 0.3) is 16.2 Å². The van der Waals surface area contributed by atoms with Gasteiger partial charge in [-0.1, -0.05) is 38.1 Å². The first kappa shape index (κ1) is 13.8. The topological polar surface area (TPSA) is 41.1 Å². The van der Waals surface area contributed by atoms with E-state index in [0.29, 0.717) is 12.3 Å². The molecule has 0 aliphatic rings. The summed E-state index contributed by atoms with van der Waals surface area (Å²) in [5.41, 5.74) is 5.57. The molecule has 0 atom stereocenters. The molecule has 0 radical (unpaired) electrons. The number of fused-ring (bicyclic) bond motifs is 1. The highest BCUT2D eigenvalue weighted by Crippen LogP contribution is 2.30. The predicted molar refractivity (Wildman–Crippen MR) is 86.6 cm³/mol. The zero-order valence-electron chi connectivity index (χ0n) is 12.4. The molecule has 106 valence electrons. The lowest BCUT2D eigenvalue weighted by Crippen LogP contribution is -1.95. The van der Waals surface area contributed by atoms with Gasteiger partial charge in [0.1, 0.15) is 0 Å². The van der Waals surface area contributed by atoms with Crippen LogP contribution in [0.5, 0.6) is 0 Å². The van der Waals surface area contributed by atoms with Crippen LogP contribution in [0.15, 0.2) is 29.6 Å². The summed E-state index contributed by atoms with van der Waals surface area (Å²) in [5.74, 6) is 0.534. The third-order valence-electron chi connectivity index (χ3n) is 3.78. The largest absolute Gasteiger partial charge is 0.286 e. The van der Waals surface area contributed by atoms with E-state index in [1.165, 1.54) is 11.1 Å². The molecule has 2 aromatic heterocycles. The SMILES string of the molecule is Cc1nc2scc(-c3ccc(C(C)C)cc3)n2c1CC#N. The van der Waals surface area contributed by atoms with Gasteiger partial charge in [0.2, 0.25) is 0 Å². The fraction of sp³-hybridized carbons (Fsp3) is 0.294. The van der Waals surface area contributed by atoms with Gasteiger partial charge in [-0.15, -0.1) is 11.3 Å². The van der Waals surface area contributed by atoms with Crippen LogP contribution in [0.3, 0.4) is 0 Å². The van der Waals surface area contributed by atoms with Crippen molar-refractivity contribution in [2.24, 2.45) is 0 Å². The molecule has 1 aromatic carbocycles. The van der Waals surface area contributed by atoms with Crippen molar-refractivity contribution in [3.8, 4) is 17.3 Å². The lowest BCUT2D eigenvalue weighted by atomic mass is 10.0. The van der Waals surface area contributed by atoms with Crippen LogP contribution in [0, 0.1) is 18.3 Å². The van der Waals surface area contributed by atoms with E-state index in [1.807, 2.05) is 6.92 Å². The van der Waals surface area contributed by atoms with Gasteiger partial charge in [0.15, 0.2) is 4.96 Å². The van der Waals surface area contributed by atoms with E-state index in [9.17, 15) is 0 Å². The van der Waals surface area contributed by atoms with Crippen molar-refractivity contribution in [1.29, 1.82) is 5.26 Å². The van der Waals surface area contributed by atoms with Gasteiger partial charge in [-0.3, -0.25) is 4.40 Å².